The number of carbonyl (C=O) groups is 3. The first-order valence-corrected chi connectivity index (χ1v) is 9.17. The van der Waals surface area contributed by atoms with Gasteiger partial charge in [0, 0.05) is 12.5 Å². The number of esters is 1. The summed E-state index contributed by atoms with van der Waals surface area (Å²) >= 11 is 0. The lowest BCUT2D eigenvalue weighted by atomic mass is 9.88. The van der Waals surface area contributed by atoms with Crippen molar-refractivity contribution in [3.05, 3.63) is 34.9 Å². The quantitative estimate of drug-likeness (QED) is 0.476. The van der Waals surface area contributed by atoms with Crippen LogP contribution in [0.2, 0.25) is 0 Å². The molecule has 1 aliphatic carbocycles. The Morgan fingerprint density at radius 1 is 1.00 bits per heavy atom. The van der Waals surface area contributed by atoms with Crippen LogP contribution in [-0.2, 0) is 9.53 Å². The Morgan fingerprint density at radius 2 is 1.67 bits per heavy atom. The number of ketones is 2. The number of hydrogen-bond acceptors (Lipinski definition) is 6. The van der Waals surface area contributed by atoms with Gasteiger partial charge in [0.05, 0.1) is 25.3 Å². The summed E-state index contributed by atoms with van der Waals surface area (Å²) in [5.41, 5.74) is 0.875. The van der Waals surface area contributed by atoms with Crippen LogP contribution in [0.5, 0.6) is 11.5 Å². The van der Waals surface area contributed by atoms with Gasteiger partial charge in [0.15, 0.2) is 11.6 Å². The molecule has 0 spiro atoms. The smallest absolute Gasteiger partial charge is 0.303 e. The zero-order valence-corrected chi connectivity index (χ0v) is 16.3. The monoisotopic (exact) mass is 374 g/mol. The summed E-state index contributed by atoms with van der Waals surface area (Å²) in [5.74, 6) is -0.548. The molecule has 6 nitrogen and oxygen atoms in total. The highest BCUT2D eigenvalue weighted by Gasteiger charge is 2.32. The number of unbranched alkanes of at least 4 members (excludes halogenated alkanes) is 3. The van der Waals surface area contributed by atoms with Crippen LogP contribution in [0, 0.1) is 0 Å². The van der Waals surface area contributed by atoms with Gasteiger partial charge in [-0.2, -0.15) is 0 Å². The largest absolute Gasteiger partial charge is 0.496 e. The van der Waals surface area contributed by atoms with Crippen LogP contribution in [0.1, 0.15) is 78.3 Å². The molecule has 0 aromatic heterocycles. The third kappa shape index (κ3) is 4.56. The highest BCUT2D eigenvalue weighted by atomic mass is 16.5. The Bertz CT molecular complexity index is 762. The van der Waals surface area contributed by atoms with Gasteiger partial charge in [-0.3, -0.25) is 14.4 Å². The van der Waals surface area contributed by atoms with Crippen molar-refractivity contribution in [1.29, 1.82) is 0 Å². The van der Waals surface area contributed by atoms with Gasteiger partial charge in [-0.25, -0.2) is 0 Å². The molecule has 146 valence electrons. The molecule has 27 heavy (non-hydrogen) atoms. The number of methoxy groups -OCH3 is 2. The molecule has 0 heterocycles. The van der Waals surface area contributed by atoms with Gasteiger partial charge in [0.25, 0.3) is 0 Å². The van der Waals surface area contributed by atoms with Gasteiger partial charge in [-0.15, -0.1) is 0 Å². The van der Waals surface area contributed by atoms with Gasteiger partial charge in [-0.05, 0) is 31.1 Å². The van der Waals surface area contributed by atoms with Crippen LogP contribution < -0.4 is 9.47 Å². The van der Waals surface area contributed by atoms with Crippen LogP contribution >= 0.6 is 0 Å². The van der Waals surface area contributed by atoms with Crippen LogP contribution in [0.3, 0.4) is 0 Å². The molecule has 0 saturated heterocycles. The van der Waals surface area contributed by atoms with Crippen molar-refractivity contribution in [3.8, 4) is 11.5 Å². The zero-order valence-electron chi connectivity index (χ0n) is 16.3. The molecule has 0 saturated carbocycles. The highest BCUT2D eigenvalue weighted by Crippen LogP contribution is 2.42. The van der Waals surface area contributed by atoms with E-state index in [2.05, 4.69) is 6.92 Å². The first-order chi connectivity index (χ1) is 12.9. The summed E-state index contributed by atoms with van der Waals surface area (Å²) in [5, 5.41) is 0. The predicted molar refractivity (Wildman–Crippen MR) is 101 cm³/mol. The number of rotatable bonds is 9. The van der Waals surface area contributed by atoms with Gasteiger partial charge in [-0.1, -0.05) is 26.2 Å². The van der Waals surface area contributed by atoms with E-state index in [1.807, 2.05) is 0 Å². The normalized spacial score (nSPS) is 13.9. The number of hydrogen-bond donors (Lipinski definition) is 0. The van der Waals surface area contributed by atoms with Crippen LogP contribution in [0.25, 0.3) is 0 Å². The zero-order chi connectivity index (χ0) is 20.0. The molecular weight excluding hydrogens is 348 g/mol. The van der Waals surface area contributed by atoms with Crippen molar-refractivity contribution in [1.82, 2.24) is 0 Å². The number of ether oxygens (including phenoxy) is 3. The van der Waals surface area contributed by atoms with Crippen molar-refractivity contribution < 1.29 is 28.6 Å². The fraction of sp³-hybridized carbons (Fsp3) is 0.476. The summed E-state index contributed by atoms with van der Waals surface area (Å²) in [4.78, 5) is 36.5. The number of carbonyl (C=O) groups excluding carboxylic acids is 3. The van der Waals surface area contributed by atoms with Crippen molar-refractivity contribution in [3.63, 3.8) is 0 Å². The maximum atomic E-state index is 12.5. The van der Waals surface area contributed by atoms with Crippen LogP contribution in [0.4, 0.5) is 0 Å². The van der Waals surface area contributed by atoms with Crippen molar-refractivity contribution in [2.45, 2.75) is 52.1 Å². The lowest BCUT2D eigenvalue weighted by Gasteiger charge is -2.24. The Balaban J connectivity index is 2.55. The Morgan fingerprint density at radius 3 is 2.22 bits per heavy atom. The van der Waals surface area contributed by atoms with E-state index < -0.39 is 12.1 Å². The standard InChI is InChI=1S/C21H26O6/c1-5-6-7-8-9-17(27-13(2)22)14-12-18(25-3)19-15(23)10-11-16(24)20(19)21(14)26-4/h10-12,17H,5-9H2,1-4H3. The van der Waals surface area contributed by atoms with Gasteiger partial charge in [0.2, 0.25) is 0 Å². The summed E-state index contributed by atoms with van der Waals surface area (Å²) in [6.07, 6.45) is 6.52. The van der Waals surface area contributed by atoms with Gasteiger partial charge < -0.3 is 14.2 Å². The molecule has 2 rings (SSSR count). The van der Waals surface area contributed by atoms with E-state index in [9.17, 15) is 14.4 Å². The summed E-state index contributed by atoms with van der Waals surface area (Å²) < 4.78 is 16.4. The van der Waals surface area contributed by atoms with E-state index in [1.54, 1.807) is 6.07 Å². The maximum Gasteiger partial charge on any atom is 0.303 e. The molecule has 1 unspecified atom stereocenters. The van der Waals surface area contributed by atoms with E-state index in [4.69, 9.17) is 14.2 Å². The second kappa shape index (κ2) is 9.35. The van der Waals surface area contributed by atoms with Crippen LogP contribution in [0.15, 0.2) is 18.2 Å². The van der Waals surface area contributed by atoms with Crippen molar-refractivity contribution >= 4 is 17.5 Å². The summed E-state index contributed by atoms with van der Waals surface area (Å²) in [7, 11) is 2.87. The topological polar surface area (TPSA) is 78.9 Å². The molecule has 0 bridgehead atoms. The predicted octanol–water partition coefficient (Wildman–Crippen LogP) is 4.21. The molecule has 6 heteroatoms. The number of allylic oxidation sites excluding steroid dienone is 2. The third-order valence-electron chi connectivity index (χ3n) is 4.55. The average Bonchev–Trinajstić information content (AvgIpc) is 2.65. The van der Waals surface area contributed by atoms with E-state index in [1.165, 1.54) is 33.3 Å². The molecule has 0 aliphatic heterocycles. The van der Waals surface area contributed by atoms with Crippen molar-refractivity contribution in [2.24, 2.45) is 0 Å². The van der Waals surface area contributed by atoms with E-state index in [0.29, 0.717) is 12.0 Å². The summed E-state index contributed by atoms with van der Waals surface area (Å²) in [6, 6.07) is 1.63. The molecular formula is C21H26O6. The second-order valence-corrected chi connectivity index (χ2v) is 6.46. The minimum atomic E-state index is -0.581. The molecule has 0 fully saturated rings. The molecule has 1 atom stereocenters. The minimum absolute atomic E-state index is 0.157. The lowest BCUT2D eigenvalue weighted by Crippen LogP contribution is -2.18. The number of fused-ring (bicyclic) bond motifs is 1. The minimum Gasteiger partial charge on any atom is -0.496 e. The molecule has 0 amide bonds. The molecule has 1 aliphatic rings. The average molecular weight is 374 g/mol. The lowest BCUT2D eigenvalue weighted by molar-refractivity contribution is -0.147. The molecule has 0 N–H and O–H groups in total. The van der Waals surface area contributed by atoms with Gasteiger partial charge >= 0.3 is 5.97 Å². The first kappa shape index (κ1) is 20.7. The summed E-state index contributed by atoms with van der Waals surface area (Å²) in [6.45, 7) is 3.47. The fourth-order valence-electron chi connectivity index (χ4n) is 3.31. The molecule has 0 radical (unpaired) electrons. The number of benzene rings is 1. The molecule has 1 aromatic carbocycles. The second-order valence-electron chi connectivity index (χ2n) is 6.46. The van der Waals surface area contributed by atoms with Gasteiger partial charge in [0.1, 0.15) is 17.6 Å². The SMILES string of the molecule is CCCCCCC(OC(C)=O)c1cc(OC)c2c(c1OC)C(=O)C=CC2=O. The Kier molecular flexibility index (Phi) is 7.16. The molecule has 1 aromatic rings. The Hall–Kier alpha value is -2.63. The maximum absolute atomic E-state index is 12.5. The van der Waals surface area contributed by atoms with Crippen LogP contribution in [-0.4, -0.2) is 31.8 Å². The first-order valence-electron chi connectivity index (χ1n) is 9.17. The highest BCUT2D eigenvalue weighted by molar-refractivity contribution is 6.24. The fourth-order valence-corrected chi connectivity index (χ4v) is 3.31. The Labute approximate surface area is 159 Å². The van der Waals surface area contributed by atoms with E-state index >= 15 is 0 Å². The van der Waals surface area contributed by atoms with Crippen molar-refractivity contribution in [2.75, 3.05) is 14.2 Å². The van der Waals surface area contributed by atoms with E-state index in [-0.39, 0.29) is 34.2 Å². The van der Waals surface area contributed by atoms with E-state index in [0.717, 1.165) is 25.7 Å². The third-order valence-corrected chi connectivity index (χ3v) is 4.55.